The summed E-state index contributed by atoms with van der Waals surface area (Å²) < 4.78 is 0. The summed E-state index contributed by atoms with van der Waals surface area (Å²) in [6.45, 7) is 7.39. The summed E-state index contributed by atoms with van der Waals surface area (Å²) in [5.41, 5.74) is 1.46. The maximum atomic E-state index is 12.8. The molecule has 2 aromatic rings. The normalized spacial score (nSPS) is 11.9. The first-order valence-corrected chi connectivity index (χ1v) is 10.0. The van der Waals surface area contributed by atoms with Crippen molar-refractivity contribution in [3.05, 3.63) is 70.7 Å². The minimum absolute atomic E-state index is 0.182. The second-order valence-electron chi connectivity index (χ2n) is 6.54. The van der Waals surface area contributed by atoms with Crippen molar-refractivity contribution in [1.29, 1.82) is 0 Å². The molecule has 0 radical (unpaired) electrons. The highest BCUT2D eigenvalue weighted by Crippen LogP contribution is 2.10. The molecule has 1 atom stereocenters. The number of carbonyl (C=O) groups is 2. The second-order valence-corrected chi connectivity index (χ2v) is 6.98. The Kier molecular flexibility index (Phi) is 8.98. The average Bonchev–Trinajstić information content (AvgIpc) is 2.71. The first-order chi connectivity index (χ1) is 13.5. The van der Waals surface area contributed by atoms with Crippen molar-refractivity contribution in [2.75, 3.05) is 26.2 Å². The fraction of sp³-hybridized carbons (Fsp3) is 0.364. The van der Waals surface area contributed by atoms with E-state index in [0.717, 1.165) is 25.2 Å². The van der Waals surface area contributed by atoms with E-state index in [1.165, 1.54) is 0 Å². The maximum absolute atomic E-state index is 12.8. The van der Waals surface area contributed by atoms with Gasteiger partial charge in [0.2, 0.25) is 5.91 Å². The van der Waals surface area contributed by atoms with Crippen molar-refractivity contribution < 1.29 is 9.59 Å². The Morgan fingerprint density at radius 1 is 1.00 bits per heavy atom. The van der Waals surface area contributed by atoms with Gasteiger partial charge in [0, 0.05) is 30.1 Å². The smallest absolute Gasteiger partial charge is 0.251 e. The van der Waals surface area contributed by atoms with E-state index in [9.17, 15) is 9.59 Å². The molecule has 28 heavy (non-hydrogen) atoms. The van der Waals surface area contributed by atoms with Gasteiger partial charge in [-0.3, -0.25) is 9.59 Å². The Morgan fingerprint density at radius 2 is 1.64 bits per heavy atom. The summed E-state index contributed by atoms with van der Waals surface area (Å²) in [7, 11) is 0. The summed E-state index contributed by atoms with van der Waals surface area (Å²) in [5, 5.41) is 6.37. The maximum Gasteiger partial charge on any atom is 0.251 e. The van der Waals surface area contributed by atoms with Gasteiger partial charge >= 0.3 is 0 Å². The van der Waals surface area contributed by atoms with E-state index in [1.54, 1.807) is 24.3 Å². The number of benzene rings is 2. The zero-order chi connectivity index (χ0) is 20.4. The van der Waals surface area contributed by atoms with E-state index < -0.39 is 6.04 Å². The number of nitrogens with zero attached hydrogens (tertiary/aromatic N) is 1. The molecular formula is C22H28ClN3O2. The minimum Gasteiger partial charge on any atom is -0.353 e. The molecule has 2 aromatic carbocycles. The van der Waals surface area contributed by atoms with Crippen LogP contribution >= 0.6 is 11.6 Å². The van der Waals surface area contributed by atoms with Crippen molar-refractivity contribution in [1.82, 2.24) is 15.5 Å². The number of amides is 2. The van der Waals surface area contributed by atoms with Gasteiger partial charge in [-0.2, -0.15) is 0 Å². The number of likely N-dealkylation sites (N-methyl/N-ethyl adjacent to an activating group) is 1. The SMILES string of the molecule is CCN(CC)CCNC(=O)C(Cc1ccccc1)NC(=O)c1ccc(Cl)cc1. The van der Waals surface area contributed by atoms with Crippen LogP contribution in [0.2, 0.25) is 5.02 Å². The zero-order valence-electron chi connectivity index (χ0n) is 16.5. The number of rotatable bonds is 10. The number of carbonyl (C=O) groups excluding carboxylic acids is 2. The van der Waals surface area contributed by atoms with Crippen LogP contribution in [-0.4, -0.2) is 48.9 Å². The average molecular weight is 402 g/mol. The van der Waals surface area contributed by atoms with E-state index in [1.807, 2.05) is 30.3 Å². The molecule has 0 aliphatic heterocycles. The van der Waals surface area contributed by atoms with Crippen LogP contribution in [0.5, 0.6) is 0 Å². The van der Waals surface area contributed by atoms with Crippen LogP contribution in [0.4, 0.5) is 0 Å². The fourth-order valence-electron chi connectivity index (χ4n) is 2.90. The van der Waals surface area contributed by atoms with E-state index in [2.05, 4.69) is 29.4 Å². The molecule has 0 fully saturated rings. The summed E-state index contributed by atoms with van der Waals surface area (Å²) >= 11 is 5.89. The van der Waals surface area contributed by atoms with Crippen LogP contribution in [0.1, 0.15) is 29.8 Å². The van der Waals surface area contributed by atoms with Gasteiger partial charge in [0.25, 0.3) is 5.91 Å². The number of hydrogen-bond donors (Lipinski definition) is 2. The van der Waals surface area contributed by atoms with Gasteiger partial charge in [0.15, 0.2) is 0 Å². The largest absolute Gasteiger partial charge is 0.353 e. The lowest BCUT2D eigenvalue weighted by molar-refractivity contribution is -0.123. The minimum atomic E-state index is -0.651. The van der Waals surface area contributed by atoms with Gasteiger partial charge in [-0.05, 0) is 42.9 Å². The number of hydrogen-bond acceptors (Lipinski definition) is 3. The Bertz CT molecular complexity index is 746. The van der Waals surface area contributed by atoms with Gasteiger partial charge in [-0.1, -0.05) is 55.8 Å². The molecule has 0 aromatic heterocycles. The number of nitrogens with one attached hydrogen (secondary N) is 2. The van der Waals surface area contributed by atoms with E-state index in [0.29, 0.717) is 23.6 Å². The van der Waals surface area contributed by atoms with Crippen LogP contribution in [0, 0.1) is 0 Å². The molecule has 0 aliphatic carbocycles. The standard InChI is InChI=1S/C22H28ClN3O2/c1-3-26(4-2)15-14-24-22(28)20(16-17-8-6-5-7-9-17)25-21(27)18-10-12-19(23)13-11-18/h5-13,20H,3-4,14-16H2,1-2H3,(H,24,28)(H,25,27). The molecule has 0 saturated heterocycles. The molecular weight excluding hydrogens is 374 g/mol. The van der Waals surface area contributed by atoms with E-state index in [-0.39, 0.29) is 11.8 Å². The molecule has 0 heterocycles. The van der Waals surface area contributed by atoms with Crippen LogP contribution < -0.4 is 10.6 Å². The van der Waals surface area contributed by atoms with Gasteiger partial charge < -0.3 is 15.5 Å². The molecule has 150 valence electrons. The Hall–Kier alpha value is -2.37. The first kappa shape index (κ1) is 21.9. The van der Waals surface area contributed by atoms with E-state index in [4.69, 9.17) is 11.6 Å². The Morgan fingerprint density at radius 3 is 2.25 bits per heavy atom. The highest BCUT2D eigenvalue weighted by atomic mass is 35.5. The molecule has 0 spiro atoms. The van der Waals surface area contributed by atoms with Crippen LogP contribution in [0.15, 0.2) is 54.6 Å². The molecule has 2 N–H and O–H groups in total. The van der Waals surface area contributed by atoms with Crippen molar-refractivity contribution in [3.63, 3.8) is 0 Å². The van der Waals surface area contributed by atoms with E-state index >= 15 is 0 Å². The van der Waals surface area contributed by atoms with Crippen molar-refractivity contribution in [3.8, 4) is 0 Å². The third-order valence-corrected chi connectivity index (χ3v) is 4.88. The summed E-state index contributed by atoms with van der Waals surface area (Å²) in [6.07, 6.45) is 0.428. The molecule has 5 nitrogen and oxygen atoms in total. The molecule has 0 saturated carbocycles. The van der Waals surface area contributed by atoms with Crippen molar-refractivity contribution in [2.24, 2.45) is 0 Å². The van der Waals surface area contributed by atoms with Crippen molar-refractivity contribution >= 4 is 23.4 Å². The lowest BCUT2D eigenvalue weighted by Crippen LogP contribution is -2.49. The van der Waals surface area contributed by atoms with Gasteiger partial charge in [-0.25, -0.2) is 0 Å². The monoisotopic (exact) mass is 401 g/mol. The Labute approximate surface area is 172 Å². The second kappa shape index (κ2) is 11.5. The molecule has 2 amide bonds. The third kappa shape index (κ3) is 6.98. The quantitative estimate of drug-likeness (QED) is 0.643. The van der Waals surface area contributed by atoms with Gasteiger partial charge in [-0.15, -0.1) is 0 Å². The van der Waals surface area contributed by atoms with Crippen LogP contribution in [0.25, 0.3) is 0 Å². The predicted molar refractivity (Wildman–Crippen MR) is 114 cm³/mol. The zero-order valence-corrected chi connectivity index (χ0v) is 17.2. The summed E-state index contributed by atoms with van der Waals surface area (Å²) in [4.78, 5) is 27.6. The first-order valence-electron chi connectivity index (χ1n) is 9.63. The topological polar surface area (TPSA) is 61.4 Å². The molecule has 1 unspecified atom stereocenters. The molecule has 2 rings (SSSR count). The fourth-order valence-corrected chi connectivity index (χ4v) is 3.03. The van der Waals surface area contributed by atoms with Gasteiger partial charge in [0.05, 0.1) is 0 Å². The molecule has 6 heteroatoms. The van der Waals surface area contributed by atoms with Gasteiger partial charge in [0.1, 0.15) is 6.04 Å². The lowest BCUT2D eigenvalue weighted by Gasteiger charge is -2.21. The highest BCUT2D eigenvalue weighted by Gasteiger charge is 2.22. The Balaban J connectivity index is 2.04. The van der Waals surface area contributed by atoms with Crippen molar-refractivity contribution in [2.45, 2.75) is 26.3 Å². The highest BCUT2D eigenvalue weighted by molar-refractivity contribution is 6.30. The summed E-state index contributed by atoms with van der Waals surface area (Å²) in [5.74, 6) is -0.477. The predicted octanol–water partition coefficient (Wildman–Crippen LogP) is 3.14. The lowest BCUT2D eigenvalue weighted by atomic mass is 10.0. The summed E-state index contributed by atoms with van der Waals surface area (Å²) in [6, 6.07) is 15.6. The number of halogens is 1. The third-order valence-electron chi connectivity index (χ3n) is 4.63. The molecule has 0 bridgehead atoms. The van der Waals surface area contributed by atoms with Crippen LogP contribution in [-0.2, 0) is 11.2 Å². The van der Waals surface area contributed by atoms with Crippen LogP contribution in [0.3, 0.4) is 0 Å². The molecule has 0 aliphatic rings.